The third-order valence-corrected chi connectivity index (χ3v) is 5.59. The molecule has 0 aliphatic heterocycles. The topological polar surface area (TPSA) is 24.9 Å². The van der Waals surface area contributed by atoms with Gasteiger partial charge in [-0.15, -0.1) is 22.7 Å². The van der Waals surface area contributed by atoms with Crippen LogP contribution in [0.25, 0.3) is 10.4 Å². The van der Waals surface area contributed by atoms with E-state index in [1.807, 2.05) is 23.6 Å². The van der Waals surface area contributed by atoms with E-state index in [-0.39, 0.29) is 0 Å². The molecule has 2 aromatic heterocycles. The van der Waals surface area contributed by atoms with Crippen molar-refractivity contribution < 1.29 is 0 Å². The smallest absolute Gasteiger partial charge is 0.107 e. The zero-order valence-electron chi connectivity index (χ0n) is 12.2. The second kappa shape index (κ2) is 6.52. The van der Waals surface area contributed by atoms with Crippen molar-refractivity contribution in [2.45, 2.75) is 26.4 Å². The van der Waals surface area contributed by atoms with E-state index < -0.39 is 0 Å². The number of aryl methyl sites for hydroxylation is 1. The van der Waals surface area contributed by atoms with Gasteiger partial charge in [0.15, 0.2) is 0 Å². The molecule has 0 saturated carbocycles. The lowest BCUT2D eigenvalue weighted by Gasteiger charge is -2.10. The first-order valence-electron chi connectivity index (χ1n) is 7.02. The summed E-state index contributed by atoms with van der Waals surface area (Å²) in [4.78, 5) is 8.49. The SMILES string of the molecule is Cc1ccc([C@@H](C)NCc2ncc(-c3ccccc3)s2)s1. The molecule has 0 bridgehead atoms. The Labute approximate surface area is 133 Å². The van der Waals surface area contributed by atoms with Crippen molar-refractivity contribution >= 4 is 22.7 Å². The van der Waals surface area contributed by atoms with Crippen LogP contribution in [0.2, 0.25) is 0 Å². The van der Waals surface area contributed by atoms with Gasteiger partial charge < -0.3 is 5.32 Å². The van der Waals surface area contributed by atoms with Crippen molar-refractivity contribution in [1.29, 1.82) is 0 Å². The molecule has 3 rings (SSSR count). The molecule has 0 aliphatic rings. The fourth-order valence-electron chi connectivity index (χ4n) is 2.16. The Morgan fingerprint density at radius 2 is 1.90 bits per heavy atom. The monoisotopic (exact) mass is 314 g/mol. The normalized spacial score (nSPS) is 12.5. The molecule has 108 valence electrons. The predicted octanol–water partition coefficient (Wildman–Crippen LogP) is 5.03. The molecular weight excluding hydrogens is 296 g/mol. The van der Waals surface area contributed by atoms with Crippen LogP contribution in [0, 0.1) is 6.92 Å². The van der Waals surface area contributed by atoms with E-state index in [0.29, 0.717) is 6.04 Å². The van der Waals surface area contributed by atoms with E-state index in [1.54, 1.807) is 11.3 Å². The summed E-state index contributed by atoms with van der Waals surface area (Å²) in [5.74, 6) is 0. The quantitative estimate of drug-likeness (QED) is 0.714. The fraction of sp³-hybridized carbons (Fsp3) is 0.235. The van der Waals surface area contributed by atoms with Gasteiger partial charge in [-0.1, -0.05) is 30.3 Å². The molecule has 2 nitrogen and oxygen atoms in total. The number of nitrogens with one attached hydrogen (secondary N) is 1. The standard InChI is InChI=1S/C17H18N2S2/c1-12-8-9-15(20-12)13(2)18-11-17-19-10-16(21-17)14-6-4-3-5-7-14/h3-10,13,18H,11H2,1-2H3/t13-/m1/s1. The van der Waals surface area contributed by atoms with Crippen LogP contribution in [-0.2, 0) is 6.54 Å². The number of rotatable bonds is 5. The molecule has 0 fully saturated rings. The van der Waals surface area contributed by atoms with Gasteiger partial charge in [0, 0.05) is 28.5 Å². The van der Waals surface area contributed by atoms with Crippen LogP contribution in [0.15, 0.2) is 48.7 Å². The van der Waals surface area contributed by atoms with E-state index in [4.69, 9.17) is 0 Å². The van der Waals surface area contributed by atoms with Crippen LogP contribution >= 0.6 is 22.7 Å². The van der Waals surface area contributed by atoms with Gasteiger partial charge in [-0.3, -0.25) is 0 Å². The number of thiophene rings is 1. The molecule has 0 aliphatic carbocycles. The summed E-state index contributed by atoms with van der Waals surface area (Å²) in [6.45, 7) is 5.17. The highest BCUT2D eigenvalue weighted by molar-refractivity contribution is 7.15. The highest BCUT2D eigenvalue weighted by atomic mass is 32.1. The van der Waals surface area contributed by atoms with E-state index in [9.17, 15) is 0 Å². The maximum atomic E-state index is 4.52. The first-order valence-corrected chi connectivity index (χ1v) is 8.65. The van der Waals surface area contributed by atoms with Crippen LogP contribution < -0.4 is 5.32 Å². The van der Waals surface area contributed by atoms with Gasteiger partial charge in [0.05, 0.1) is 4.88 Å². The van der Waals surface area contributed by atoms with Crippen molar-refractivity contribution in [1.82, 2.24) is 10.3 Å². The number of aromatic nitrogens is 1. The average Bonchev–Trinajstić information content (AvgIpc) is 3.15. The second-order valence-corrected chi connectivity index (χ2v) is 7.47. The Kier molecular flexibility index (Phi) is 4.48. The van der Waals surface area contributed by atoms with Crippen molar-refractivity contribution in [3.05, 3.63) is 63.4 Å². The van der Waals surface area contributed by atoms with Gasteiger partial charge in [-0.25, -0.2) is 4.98 Å². The summed E-state index contributed by atoms with van der Waals surface area (Å²) >= 11 is 3.61. The molecule has 2 heterocycles. The number of hydrogen-bond acceptors (Lipinski definition) is 4. The molecular formula is C17H18N2S2. The molecule has 0 amide bonds. The largest absolute Gasteiger partial charge is 0.303 e. The van der Waals surface area contributed by atoms with Gasteiger partial charge in [-0.05, 0) is 31.5 Å². The third kappa shape index (κ3) is 3.59. The summed E-state index contributed by atoms with van der Waals surface area (Å²) in [5, 5.41) is 4.68. The van der Waals surface area contributed by atoms with E-state index in [1.165, 1.54) is 20.2 Å². The molecule has 1 atom stereocenters. The average molecular weight is 314 g/mol. The van der Waals surface area contributed by atoms with Crippen molar-refractivity contribution in [3.8, 4) is 10.4 Å². The zero-order chi connectivity index (χ0) is 14.7. The number of thiazole rings is 1. The molecule has 0 saturated heterocycles. The minimum Gasteiger partial charge on any atom is -0.303 e. The predicted molar refractivity (Wildman–Crippen MR) is 91.9 cm³/mol. The van der Waals surface area contributed by atoms with Crippen LogP contribution in [-0.4, -0.2) is 4.98 Å². The Bertz CT molecular complexity index is 700. The van der Waals surface area contributed by atoms with Crippen molar-refractivity contribution in [2.75, 3.05) is 0 Å². The highest BCUT2D eigenvalue weighted by Crippen LogP contribution is 2.27. The van der Waals surface area contributed by atoms with Crippen LogP contribution in [0.3, 0.4) is 0 Å². The summed E-state index contributed by atoms with van der Waals surface area (Å²) in [6, 6.07) is 15.2. The minimum atomic E-state index is 0.368. The molecule has 0 spiro atoms. The summed E-state index contributed by atoms with van der Waals surface area (Å²) < 4.78 is 0. The lowest BCUT2D eigenvalue weighted by molar-refractivity contribution is 0.581. The van der Waals surface area contributed by atoms with Crippen LogP contribution in [0.5, 0.6) is 0 Å². The molecule has 1 aromatic carbocycles. The molecule has 0 unspecified atom stereocenters. The van der Waals surface area contributed by atoms with Gasteiger partial charge in [0.2, 0.25) is 0 Å². The number of nitrogens with zero attached hydrogens (tertiary/aromatic N) is 1. The maximum Gasteiger partial charge on any atom is 0.107 e. The van der Waals surface area contributed by atoms with Gasteiger partial charge in [-0.2, -0.15) is 0 Å². The first kappa shape index (κ1) is 14.4. The fourth-order valence-corrected chi connectivity index (χ4v) is 3.93. The molecule has 4 heteroatoms. The summed E-state index contributed by atoms with van der Waals surface area (Å²) in [7, 11) is 0. The van der Waals surface area contributed by atoms with E-state index in [0.717, 1.165) is 11.6 Å². The maximum absolute atomic E-state index is 4.52. The Morgan fingerprint density at radius 3 is 2.62 bits per heavy atom. The summed E-state index contributed by atoms with van der Waals surface area (Å²) in [5.41, 5.74) is 1.24. The molecule has 0 radical (unpaired) electrons. The Balaban J connectivity index is 1.63. The van der Waals surface area contributed by atoms with E-state index >= 15 is 0 Å². The third-order valence-electron chi connectivity index (χ3n) is 3.36. The summed E-state index contributed by atoms with van der Waals surface area (Å²) in [6.07, 6.45) is 1.97. The van der Waals surface area contributed by atoms with Crippen molar-refractivity contribution in [3.63, 3.8) is 0 Å². The van der Waals surface area contributed by atoms with Crippen molar-refractivity contribution in [2.24, 2.45) is 0 Å². The van der Waals surface area contributed by atoms with Gasteiger partial charge >= 0.3 is 0 Å². The molecule has 21 heavy (non-hydrogen) atoms. The van der Waals surface area contributed by atoms with Gasteiger partial charge in [0.1, 0.15) is 5.01 Å². The second-order valence-electron chi connectivity index (χ2n) is 5.04. The Morgan fingerprint density at radius 1 is 1.10 bits per heavy atom. The van der Waals surface area contributed by atoms with E-state index in [2.05, 4.69) is 60.5 Å². The first-order chi connectivity index (χ1) is 10.2. The minimum absolute atomic E-state index is 0.368. The van der Waals surface area contributed by atoms with Gasteiger partial charge in [0.25, 0.3) is 0 Å². The molecule has 3 aromatic rings. The van der Waals surface area contributed by atoms with Crippen LogP contribution in [0.1, 0.15) is 27.7 Å². The van der Waals surface area contributed by atoms with Crippen LogP contribution in [0.4, 0.5) is 0 Å². The molecule has 1 N–H and O–H groups in total. The number of hydrogen-bond donors (Lipinski definition) is 1. The zero-order valence-corrected chi connectivity index (χ0v) is 13.8. The Hall–Kier alpha value is -1.49. The lowest BCUT2D eigenvalue weighted by Crippen LogP contribution is -2.16. The lowest BCUT2D eigenvalue weighted by atomic mass is 10.2. The number of benzene rings is 1. The highest BCUT2D eigenvalue weighted by Gasteiger charge is 2.09.